The lowest BCUT2D eigenvalue weighted by Crippen LogP contribution is -2.26. The van der Waals surface area contributed by atoms with E-state index in [0.717, 1.165) is 6.54 Å². The number of hydrogen-bond donors (Lipinski definition) is 2. The number of pyridine rings is 1. The number of nitrogens with one attached hydrogen (secondary N) is 1. The molecule has 0 aliphatic rings. The third-order valence-corrected chi connectivity index (χ3v) is 3.29. The lowest BCUT2D eigenvalue weighted by Gasteiger charge is -2.25. The minimum Gasteiger partial charge on any atom is -0.369 e. The SMILES string of the molecule is CC(C)C(CNc1ncccc1C(N)=O)C(C)C. The first-order valence-corrected chi connectivity index (χ1v) is 6.42. The van der Waals surface area contributed by atoms with Crippen molar-refractivity contribution in [2.45, 2.75) is 27.7 Å². The van der Waals surface area contributed by atoms with Gasteiger partial charge in [-0.05, 0) is 29.9 Å². The molecule has 0 aliphatic carbocycles. The summed E-state index contributed by atoms with van der Waals surface area (Å²) in [6, 6.07) is 3.41. The van der Waals surface area contributed by atoms with Crippen LogP contribution in [0.5, 0.6) is 0 Å². The smallest absolute Gasteiger partial charge is 0.252 e. The maximum absolute atomic E-state index is 11.3. The Morgan fingerprint density at radius 2 is 1.94 bits per heavy atom. The average molecular weight is 249 g/mol. The van der Waals surface area contributed by atoms with Gasteiger partial charge in [0.15, 0.2) is 0 Å². The molecule has 0 spiro atoms. The molecule has 1 rings (SSSR count). The topological polar surface area (TPSA) is 68.0 Å². The molecule has 0 atom stereocenters. The average Bonchev–Trinajstić information content (AvgIpc) is 2.28. The van der Waals surface area contributed by atoms with Gasteiger partial charge >= 0.3 is 0 Å². The summed E-state index contributed by atoms with van der Waals surface area (Å²) < 4.78 is 0. The predicted molar refractivity (Wildman–Crippen MR) is 74.4 cm³/mol. The van der Waals surface area contributed by atoms with Gasteiger partial charge in [0, 0.05) is 12.7 Å². The first kappa shape index (κ1) is 14.5. The van der Waals surface area contributed by atoms with Crippen LogP contribution in [0.4, 0.5) is 5.82 Å². The molecule has 4 nitrogen and oxygen atoms in total. The third-order valence-electron chi connectivity index (χ3n) is 3.29. The van der Waals surface area contributed by atoms with Gasteiger partial charge in [-0.3, -0.25) is 4.79 Å². The molecular formula is C14H23N3O. The van der Waals surface area contributed by atoms with Gasteiger partial charge < -0.3 is 11.1 Å². The number of rotatable bonds is 6. The van der Waals surface area contributed by atoms with Crippen molar-refractivity contribution in [3.05, 3.63) is 23.9 Å². The van der Waals surface area contributed by atoms with Gasteiger partial charge in [0.2, 0.25) is 0 Å². The molecule has 3 N–H and O–H groups in total. The normalized spacial score (nSPS) is 11.3. The molecule has 0 fully saturated rings. The molecule has 0 unspecified atom stereocenters. The summed E-state index contributed by atoms with van der Waals surface area (Å²) in [6.07, 6.45) is 1.66. The van der Waals surface area contributed by atoms with Crippen molar-refractivity contribution >= 4 is 11.7 Å². The van der Waals surface area contributed by atoms with E-state index in [0.29, 0.717) is 29.1 Å². The van der Waals surface area contributed by atoms with Crippen LogP contribution in [0.2, 0.25) is 0 Å². The molecule has 1 amide bonds. The lowest BCUT2D eigenvalue weighted by atomic mass is 9.85. The van der Waals surface area contributed by atoms with Gasteiger partial charge in [-0.25, -0.2) is 4.98 Å². The van der Waals surface area contributed by atoms with Crippen LogP contribution in [0.15, 0.2) is 18.3 Å². The fourth-order valence-corrected chi connectivity index (χ4v) is 2.20. The van der Waals surface area contributed by atoms with Gasteiger partial charge in [0.1, 0.15) is 5.82 Å². The highest BCUT2D eigenvalue weighted by atomic mass is 16.1. The number of carbonyl (C=O) groups excluding carboxylic acids is 1. The summed E-state index contributed by atoms with van der Waals surface area (Å²) in [5.41, 5.74) is 5.77. The molecule has 0 saturated heterocycles. The van der Waals surface area contributed by atoms with Crippen LogP contribution in [-0.2, 0) is 0 Å². The molecule has 1 heterocycles. The van der Waals surface area contributed by atoms with Gasteiger partial charge in [-0.15, -0.1) is 0 Å². The Bertz CT molecular complexity index is 394. The van der Waals surface area contributed by atoms with E-state index in [1.54, 1.807) is 18.3 Å². The molecule has 0 bridgehead atoms. The van der Waals surface area contributed by atoms with E-state index in [2.05, 4.69) is 38.0 Å². The molecule has 100 valence electrons. The van der Waals surface area contributed by atoms with Crippen molar-refractivity contribution in [2.75, 3.05) is 11.9 Å². The van der Waals surface area contributed by atoms with Crippen LogP contribution >= 0.6 is 0 Å². The number of primary amides is 1. The van der Waals surface area contributed by atoms with Crippen LogP contribution in [-0.4, -0.2) is 17.4 Å². The monoisotopic (exact) mass is 249 g/mol. The van der Waals surface area contributed by atoms with Gasteiger partial charge in [0.05, 0.1) is 5.56 Å². The third kappa shape index (κ3) is 3.72. The lowest BCUT2D eigenvalue weighted by molar-refractivity contribution is 0.100. The maximum Gasteiger partial charge on any atom is 0.252 e. The highest BCUT2D eigenvalue weighted by molar-refractivity contribution is 5.97. The van der Waals surface area contributed by atoms with Crippen molar-refractivity contribution in [3.63, 3.8) is 0 Å². The molecule has 0 aromatic carbocycles. The zero-order valence-electron chi connectivity index (χ0n) is 11.6. The standard InChI is InChI=1S/C14H23N3O/c1-9(2)12(10(3)4)8-17-14-11(13(15)18)6-5-7-16-14/h5-7,9-10,12H,8H2,1-4H3,(H2,15,18)(H,16,17). The summed E-state index contributed by atoms with van der Waals surface area (Å²) >= 11 is 0. The molecule has 0 saturated carbocycles. The fraction of sp³-hybridized carbons (Fsp3) is 0.571. The number of carbonyl (C=O) groups is 1. The Balaban J connectivity index is 2.76. The van der Waals surface area contributed by atoms with Crippen molar-refractivity contribution in [1.82, 2.24) is 4.98 Å². The van der Waals surface area contributed by atoms with E-state index >= 15 is 0 Å². The Morgan fingerprint density at radius 1 is 1.33 bits per heavy atom. The summed E-state index contributed by atoms with van der Waals surface area (Å²) in [5, 5.41) is 3.25. The van der Waals surface area contributed by atoms with Crippen LogP contribution in [0.3, 0.4) is 0 Å². The van der Waals surface area contributed by atoms with E-state index in [-0.39, 0.29) is 0 Å². The summed E-state index contributed by atoms with van der Waals surface area (Å²) in [7, 11) is 0. The molecule has 1 aromatic rings. The maximum atomic E-state index is 11.3. The second-order valence-corrected chi connectivity index (χ2v) is 5.30. The number of anilines is 1. The molecule has 4 heteroatoms. The fourth-order valence-electron chi connectivity index (χ4n) is 2.20. The van der Waals surface area contributed by atoms with Crippen molar-refractivity contribution in [1.29, 1.82) is 0 Å². The van der Waals surface area contributed by atoms with E-state index in [4.69, 9.17) is 5.73 Å². The zero-order valence-corrected chi connectivity index (χ0v) is 11.6. The number of amides is 1. The van der Waals surface area contributed by atoms with Crippen LogP contribution in [0.25, 0.3) is 0 Å². The summed E-state index contributed by atoms with van der Waals surface area (Å²) in [6.45, 7) is 9.63. The van der Waals surface area contributed by atoms with E-state index in [1.165, 1.54) is 0 Å². The molecule has 0 radical (unpaired) electrons. The van der Waals surface area contributed by atoms with Crippen molar-refractivity contribution in [3.8, 4) is 0 Å². The first-order chi connectivity index (χ1) is 8.43. The van der Waals surface area contributed by atoms with Crippen molar-refractivity contribution in [2.24, 2.45) is 23.5 Å². The minimum atomic E-state index is -0.448. The quantitative estimate of drug-likeness (QED) is 0.814. The highest BCUT2D eigenvalue weighted by Gasteiger charge is 2.18. The second kappa shape index (κ2) is 6.38. The summed E-state index contributed by atoms with van der Waals surface area (Å²) in [4.78, 5) is 15.5. The first-order valence-electron chi connectivity index (χ1n) is 6.42. The highest BCUT2D eigenvalue weighted by Crippen LogP contribution is 2.21. The van der Waals surface area contributed by atoms with Crippen LogP contribution in [0, 0.1) is 17.8 Å². The number of hydrogen-bond acceptors (Lipinski definition) is 3. The molecular weight excluding hydrogens is 226 g/mol. The number of nitrogens with zero attached hydrogens (tertiary/aromatic N) is 1. The minimum absolute atomic E-state index is 0.448. The Kier molecular flexibility index (Phi) is 5.13. The number of aromatic nitrogens is 1. The van der Waals surface area contributed by atoms with Gasteiger partial charge in [0.25, 0.3) is 5.91 Å². The Morgan fingerprint density at radius 3 is 2.44 bits per heavy atom. The Labute approximate surface area is 109 Å². The number of nitrogens with two attached hydrogens (primary N) is 1. The van der Waals surface area contributed by atoms with Crippen LogP contribution in [0.1, 0.15) is 38.1 Å². The molecule has 0 aliphatic heterocycles. The van der Waals surface area contributed by atoms with E-state index < -0.39 is 5.91 Å². The van der Waals surface area contributed by atoms with Gasteiger partial charge in [-0.1, -0.05) is 27.7 Å². The second-order valence-electron chi connectivity index (χ2n) is 5.30. The molecule has 18 heavy (non-hydrogen) atoms. The molecule has 1 aromatic heterocycles. The predicted octanol–water partition coefficient (Wildman–Crippen LogP) is 2.52. The van der Waals surface area contributed by atoms with E-state index in [9.17, 15) is 4.79 Å². The summed E-state index contributed by atoms with van der Waals surface area (Å²) in [5.74, 6) is 1.83. The largest absolute Gasteiger partial charge is 0.369 e. The van der Waals surface area contributed by atoms with Crippen molar-refractivity contribution < 1.29 is 4.79 Å². The van der Waals surface area contributed by atoms with E-state index in [1.807, 2.05) is 0 Å². The van der Waals surface area contributed by atoms with Gasteiger partial charge in [-0.2, -0.15) is 0 Å². The Hall–Kier alpha value is -1.58. The zero-order chi connectivity index (χ0) is 13.7. The van der Waals surface area contributed by atoms with Crippen LogP contribution < -0.4 is 11.1 Å².